The number of aromatic nitrogens is 1. The lowest BCUT2D eigenvalue weighted by Crippen LogP contribution is -2.24. The Balaban J connectivity index is 1.90. The maximum atomic E-state index is 13.2. The van der Waals surface area contributed by atoms with Crippen LogP contribution in [0.3, 0.4) is 0 Å². The van der Waals surface area contributed by atoms with Crippen LogP contribution in [0.2, 0.25) is 0 Å². The SMILES string of the molecule is COc1ccc2[nH]c3cc(-c4cc(OC)c(OC)c(OC)c4)c4c(c3c2c1)C(=O)N(C)C4=O. The summed E-state index contributed by atoms with van der Waals surface area (Å²) in [7, 11) is 7.67. The zero-order valence-corrected chi connectivity index (χ0v) is 18.9. The molecular weight excluding hydrogens is 424 g/mol. The first-order valence-corrected chi connectivity index (χ1v) is 10.2. The average molecular weight is 446 g/mol. The number of carbonyl (C=O) groups excluding carboxylic acids is 2. The van der Waals surface area contributed by atoms with Crippen molar-refractivity contribution in [2.75, 3.05) is 35.5 Å². The van der Waals surface area contributed by atoms with Gasteiger partial charge in [-0.3, -0.25) is 14.5 Å². The van der Waals surface area contributed by atoms with E-state index in [2.05, 4.69) is 4.98 Å². The lowest BCUT2D eigenvalue weighted by atomic mass is 9.92. The fourth-order valence-electron chi connectivity index (χ4n) is 4.50. The predicted octanol–water partition coefficient (Wildman–Crippen LogP) is 4.25. The Morgan fingerprint density at radius 3 is 2.03 bits per heavy atom. The monoisotopic (exact) mass is 446 g/mol. The Bertz CT molecular complexity index is 1440. The normalized spacial score (nSPS) is 13.1. The summed E-state index contributed by atoms with van der Waals surface area (Å²) in [4.78, 5) is 31.0. The van der Waals surface area contributed by atoms with Crippen LogP contribution in [0.15, 0.2) is 36.4 Å². The van der Waals surface area contributed by atoms with E-state index in [4.69, 9.17) is 18.9 Å². The third kappa shape index (κ3) is 2.83. The van der Waals surface area contributed by atoms with E-state index in [0.717, 1.165) is 21.3 Å². The molecule has 2 heterocycles. The van der Waals surface area contributed by atoms with Crippen molar-refractivity contribution in [1.29, 1.82) is 0 Å². The minimum atomic E-state index is -0.363. The molecule has 0 spiro atoms. The van der Waals surface area contributed by atoms with Crippen LogP contribution in [0.25, 0.3) is 32.9 Å². The number of aromatic amines is 1. The number of benzene rings is 3. The molecule has 0 saturated carbocycles. The van der Waals surface area contributed by atoms with Gasteiger partial charge in [-0.25, -0.2) is 0 Å². The van der Waals surface area contributed by atoms with Crippen LogP contribution in [-0.2, 0) is 0 Å². The third-order valence-electron chi connectivity index (χ3n) is 6.11. The number of hydrogen-bond donors (Lipinski definition) is 1. The molecule has 0 unspecified atom stereocenters. The van der Waals surface area contributed by atoms with E-state index in [1.54, 1.807) is 19.2 Å². The molecule has 8 nitrogen and oxygen atoms in total. The molecule has 168 valence electrons. The van der Waals surface area contributed by atoms with Crippen LogP contribution >= 0.6 is 0 Å². The van der Waals surface area contributed by atoms with Crippen LogP contribution in [0, 0.1) is 0 Å². The number of fused-ring (bicyclic) bond motifs is 5. The minimum absolute atomic E-state index is 0.341. The van der Waals surface area contributed by atoms with Gasteiger partial charge in [-0.05, 0) is 47.5 Å². The number of carbonyl (C=O) groups is 2. The first-order chi connectivity index (χ1) is 15.9. The zero-order valence-electron chi connectivity index (χ0n) is 18.9. The molecule has 1 aliphatic heterocycles. The number of H-pyrrole nitrogens is 1. The second kappa shape index (κ2) is 7.44. The van der Waals surface area contributed by atoms with E-state index >= 15 is 0 Å². The molecule has 0 aliphatic carbocycles. The van der Waals surface area contributed by atoms with Crippen LogP contribution < -0.4 is 18.9 Å². The van der Waals surface area contributed by atoms with Crippen molar-refractivity contribution in [3.63, 3.8) is 0 Å². The van der Waals surface area contributed by atoms with Crippen molar-refractivity contribution in [3.05, 3.63) is 47.5 Å². The average Bonchev–Trinajstić information content (AvgIpc) is 3.32. The van der Waals surface area contributed by atoms with E-state index in [1.165, 1.54) is 28.4 Å². The Morgan fingerprint density at radius 2 is 1.42 bits per heavy atom. The number of amides is 2. The standard InChI is InChI=1S/C25H22N2O6/c1-27-24(28)21-14(12-8-18(31-3)23(33-5)19(9-12)32-4)11-17-20(22(21)25(27)29)15-10-13(30-2)6-7-16(15)26-17/h6-11,26H,1-5H3. The topological polar surface area (TPSA) is 90.1 Å². The summed E-state index contributed by atoms with van der Waals surface area (Å²) < 4.78 is 21.8. The lowest BCUT2D eigenvalue weighted by Gasteiger charge is -2.15. The Kier molecular flexibility index (Phi) is 4.67. The maximum absolute atomic E-state index is 13.2. The molecule has 0 atom stereocenters. The van der Waals surface area contributed by atoms with Crippen molar-refractivity contribution in [2.24, 2.45) is 0 Å². The number of imide groups is 1. The van der Waals surface area contributed by atoms with Gasteiger partial charge in [-0.1, -0.05) is 0 Å². The number of ether oxygens (including phenoxy) is 4. The molecular formula is C25H22N2O6. The van der Waals surface area contributed by atoms with E-state index in [9.17, 15) is 9.59 Å². The van der Waals surface area contributed by atoms with Gasteiger partial charge in [0.2, 0.25) is 5.75 Å². The van der Waals surface area contributed by atoms with Crippen LogP contribution in [0.5, 0.6) is 23.0 Å². The molecule has 1 N–H and O–H groups in total. The Morgan fingerprint density at radius 1 is 0.758 bits per heavy atom. The second-order valence-corrected chi connectivity index (χ2v) is 7.72. The smallest absolute Gasteiger partial charge is 0.262 e. The Hall–Kier alpha value is -4.20. The van der Waals surface area contributed by atoms with Crippen molar-refractivity contribution < 1.29 is 28.5 Å². The van der Waals surface area contributed by atoms with Crippen LogP contribution in [-0.4, -0.2) is 57.2 Å². The highest BCUT2D eigenvalue weighted by Gasteiger charge is 2.38. The first kappa shape index (κ1) is 20.7. The number of nitrogens with one attached hydrogen (secondary N) is 1. The maximum Gasteiger partial charge on any atom is 0.262 e. The minimum Gasteiger partial charge on any atom is -0.497 e. The van der Waals surface area contributed by atoms with Crippen LogP contribution in [0.4, 0.5) is 0 Å². The fraction of sp³-hybridized carbons (Fsp3) is 0.200. The first-order valence-electron chi connectivity index (χ1n) is 10.2. The predicted molar refractivity (Wildman–Crippen MR) is 124 cm³/mol. The van der Waals surface area contributed by atoms with Gasteiger partial charge in [0, 0.05) is 28.9 Å². The zero-order chi connectivity index (χ0) is 23.4. The summed E-state index contributed by atoms with van der Waals surface area (Å²) in [6.07, 6.45) is 0. The van der Waals surface area contributed by atoms with Gasteiger partial charge < -0.3 is 23.9 Å². The van der Waals surface area contributed by atoms with Crippen molar-refractivity contribution >= 4 is 33.6 Å². The molecule has 1 aliphatic rings. The second-order valence-electron chi connectivity index (χ2n) is 7.72. The molecule has 4 aromatic rings. The van der Waals surface area contributed by atoms with Gasteiger partial charge in [-0.15, -0.1) is 0 Å². The molecule has 0 fully saturated rings. The summed E-state index contributed by atoms with van der Waals surface area (Å²) in [5.41, 5.74) is 3.53. The van der Waals surface area contributed by atoms with Gasteiger partial charge in [0.1, 0.15) is 5.75 Å². The van der Waals surface area contributed by atoms with Crippen molar-refractivity contribution in [3.8, 4) is 34.1 Å². The van der Waals surface area contributed by atoms with Crippen LogP contribution in [0.1, 0.15) is 20.7 Å². The van der Waals surface area contributed by atoms with Crippen molar-refractivity contribution in [1.82, 2.24) is 9.88 Å². The molecule has 5 rings (SSSR count). The van der Waals surface area contributed by atoms with Crippen molar-refractivity contribution in [2.45, 2.75) is 0 Å². The molecule has 33 heavy (non-hydrogen) atoms. The van der Waals surface area contributed by atoms with Gasteiger partial charge in [0.05, 0.1) is 39.6 Å². The molecule has 3 aromatic carbocycles. The molecule has 0 saturated heterocycles. The van der Waals surface area contributed by atoms with Gasteiger partial charge in [0.25, 0.3) is 11.8 Å². The van der Waals surface area contributed by atoms with E-state index in [-0.39, 0.29) is 11.8 Å². The largest absolute Gasteiger partial charge is 0.497 e. The highest BCUT2D eigenvalue weighted by atomic mass is 16.5. The van der Waals surface area contributed by atoms with E-state index in [0.29, 0.717) is 50.6 Å². The quantitative estimate of drug-likeness (QED) is 0.461. The molecule has 1 aromatic heterocycles. The summed E-state index contributed by atoms with van der Waals surface area (Å²) in [6, 6.07) is 11.0. The molecule has 0 bridgehead atoms. The highest BCUT2D eigenvalue weighted by molar-refractivity contribution is 6.32. The number of hydrogen-bond acceptors (Lipinski definition) is 6. The summed E-state index contributed by atoms with van der Waals surface area (Å²) >= 11 is 0. The Labute approximate surface area is 189 Å². The highest BCUT2D eigenvalue weighted by Crippen LogP contribution is 2.45. The van der Waals surface area contributed by atoms with E-state index in [1.807, 2.05) is 24.3 Å². The van der Waals surface area contributed by atoms with Gasteiger partial charge in [-0.2, -0.15) is 0 Å². The number of nitrogens with zero attached hydrogens (tertiary/aromatic N) is 1. The summed E-state index contributed by atoms with van der Waals surface area (Å²) in [5.74, 6) is 1.30. The lowest BCUT2D eigenvalue weighted by molar-refractivity contribution is 0.0694. The fourth-order valence-corrected chi connectivity index (χ4v) is 4.50. The van der Waals surface area contributed by atoms with Gasteiger partial charge in [0.15, 0.2) is 11.5 Å². The summed E-state index contributed by atoms with van der Waals surface area (Å²) in [5, 5.41) is 1.51. The van der Waals surface area contributed by atoms with Gasteiger partial charge >= 0.3 is 0 Å². The van der Waals surface area contributed by atoms with E-state index < -0.39 is 0 Å². The molecule has 2 amide bonds. The molecule has 8 heteroatoms. The number of methoxy groups -OCH3 is 4. The third-order valence-corrected chi connectivity index (χ3v) is 6.11. The summed E-state index contributed by atoms with van der Waals surface area (Å²) in [6.45, 7) is 0. The molecule has 0 radical (unpaired) electrons. The number of rotatable bonds is 5.